The molecule has 2 N–H and O–H groups in total. The molecule has 1 aromatic carbocycles. The zero-order valence-corrected chi connectivity index (χ0v) is 15.1. The van der Waals surface area contributed by atoms with Crippen LogP contribution in [0.15, 0.2) is 29.2 Å². The first-order chi connectivity index (χ1) is 11.2. The van der Waals surface area contributed by atoms with E-state index in [2.05, 4.69) is 12.2 Å². The number of piperidine rings is 1. The molecule has 128 valence electrons. The summed E-state index contributed by atoms with van der Waals surface area (Å²) >= 11 is 1.56. The third-order valence-corrected chi connectivity index (χ3v) is 5.52. The van der Waals surface area contributed by atoms with E-state index in [-0.39, 0.29) is 5.91 Å². The van der Waals surface area contributed by atoms with Crippen molar-refractivity contribution < 1.29 is 14.4 Å². The van der Waals surface area contributed by atoms with Crippen molar-refractivity contribution in [3.63, 3.8) is 0 Å². The zero-order chi connectivity index (χ0) is 16.5. The lowest BCUT2D eigenvalue weighted by molar-refractivity contribution is -0.928. The zero-order valence-electron chi connectivity index (χ0n) is 14.3. The van der Waals surface area contributed by atoms with Crippen LogP contribution in [-0.2, 0) is 4.79 Å². The van der Waals surface area contributed by atoms with E-state index in [1.54, 1.807) is 23.8 Å². The van der Waals surface area contributed by atoms with Gasteiger partial charge in [-0.15, -0.1) is 11.8 Å². The number of hydrogen-bond donors (Lipinski definition) is 2. The van der Waals surface area contributed by atoms with E-state index in [0.29, 0.717) is 5.75 Å². The number of quaternary nitrogens is 1. The second kappa shape index (κ2) is 9.83. The van der Waals surface area contributed by atoms with Gasteiger partial charge in [0.1, 0.15) is 5.75 Å². The van der Waals surface area contributed by atoms with Crippen LogP contribution in [0, 0.1) is 0 Å². The fourth-order valence-corrected chi connectivity index (χ4v) is 3.77. The summed E-state index contributed by atoms with van der Waals surface area (Å²) < 4.78 is 5.13. The first kappa shape index (κ1) is 18.1. The molecule has 4 nitrogen and oxygen atoms in total. The monoisotopic (exact) mass is 337 g/mol. The van der Waals surface area contributed by atoms with Gasteiger partial charge in [-0.2, -0.15) is 0 Å². The Hall–Kier alpha value is -1.20. The number of rotatable bonds is 8. The number of hydrogen-bond acceptors (Lipinski definition) is 3. The van der Waals surface area contributed by atoms with Gasteiger partial charge in [0.2, 0.25) is 5.91 Å². The minimum Gasteiger partial charge on any atom is -0.497 e. The average molecular weight is 338 g/mol. The van der Waals surface area contributed by atoms with Gasteiger partial charge in [0.05, 0.1) is 32.0 Å². The van der Waals surface area contributed by atoms with E-state index < -0.39 is 0 Å². The summed E-state index contributed by atoms with van der Waals surface area (Å²) in [5.74, 6) is 1.43. The Morgan fingerprint density at radius 1 is 1.35 bits per heavy atom. The Labute approximate surface area is 144 Å². The SMILES string of the molecule is COc1ccc(SCC(=O)NCCC[NH+]2CCCC[C@H]2C)cc1. The third kappa shape index (κ3) is 6.43. The van der Waals surface area contributed by atoms with Gasteiger partial charge in [0, 0.05) is 17.9 Å². The maximum absolute atomic E-state index is 11.9. The van der Waals surface area contributed by atoms with Crippen molar-refractivity contribution in [2.75, 3.05) is 32.5 Å². The van der Waals surface area contributed by atoms with Crippen molar-refractivity contribution in [3.05, 3.63) is 24.3 Å². The molecular formula is C18H29N2O2S+. The summed E-state index contributed by atoms with van der Waals surface area (Å²) in [5.41, 5.74) is 0. The Morgan fingerprint density at radius 2 is 2.13 bits per heavy atom. The summed E-state index contributed by atoms with van der Waals surface area (Å²) in [6.45, 7) is 5.60. The number of methoxy groups -OCH3 is 1. The highest BCUT2D eigenvalue weighted by Gasteiger charge is 2.20. The van der Waals surface area contributed by atoms with Gasteiger partial charge in [-0.1, -0.05) is 0 Å². The molecule has 2 atom stereocenters. The summed E-state index contributed by atoms with van der Waals surface area (Å²) in [5, 5.41) is 3.03. The van der Waals surface area contributed by atoms with Crippen LogP contribution < -0.4 is 15.0 Å². The molecule has 0 aromatic heterocycles. The highest BCUT2D eigenvalue weighted by atomic mass is 32.2. The van der Waals surface area contributed by atoms with Gasteiger partial charge >= 0.3 is 0 Å². The van der Waals surface area contributed by atoms with Gasteiger partial charge < -0.3 is 15.0 Å². The standard InChI is InChI=1S/C18H28N2O2S/c1-15-6-3-4-12-20(15)13-5-11-19-18(21)14-23-17-9-7-16(22-2)8-10-17/h7-10,15H,3-6,11-14H2,1-2H3,(H,19,21)/p+1/t15-/m1/s1. The van der Waals surface area contributed by atoms with Gasteiger partial charge in [0.25, 0.3) is 0 Å². The molecule has 1 aromatic rings. The Bertz CT molecular complexity index is 478. The van der Waals surface area contributed by atoms with Gasteiger partial charge in [-0.25, -0.2) is 0 Å². The topological polar surface area (TPSA) is 42.8 Å². The van der Waals surface area contributed by atoms with Crippen LogP contribution >= 0.6 is 11.8 Å². The molecule has 0 spiro atoms. The number of carbonyl (C=O) groups is 1. The van der Waals surface area contributed by atoms with E-state index in [1.165, 1.54) is 32.4 Å². The molecular weight excluding hydrogens is 308 g/mol. The largest absolute Gasteiger partial charge is 0.497 e. The molecule has 1 aliphatic rings. The Morgan fingerprint density at radius 3 is 2.83 bits per heavy atom. The van der Waals surface area contributed by atoms with Crippen LogP contribution in [0.1, 0.15) is 32.6 Å². The molecule has 0 radical (unpaired) electrons. The summed E-state index contributed by atoms with van der Waals surface area (Å²) in [6, 6.07) is 8.59. The number of carbonyl (C=O) groups excluding carboxylic acids is 1. The van der Waals surface area contributed by atoms with Gasteiger partial charge in [-0.3, -0.25) is 4.79 Å². The van der Waals surface area contributed by atoms with Crippen LogP contribution in [0.4, 0.5) is 0 Å². The van der Waals surface area contributed by atoms with Crippen LogP contribution in [-0.4, -0.2) is 44.4 Å². The number of amides is 1. The van der Waals surface area contributed by atoms with Crippen molar-refractivity contribution in [1.29, 1.82) is 0 Å². The van der Waals surface area contributed by atoms with Crippen LogP contribution in [0.2, 0.25) is 0 Å². The number of nitrogens with one attached hydrogen (secondary N) is 2. The van der Waals surface area contributed by atoms with Crippen LogP contribution in [0.5, 0.6) is 5.75 Å². The van der Waals surface area contributed by atoms with E-state index in [0.717, 1.165) is 29.7 Å². The van der Waals surface area contributed by atoms with Gasteiger partial charge in [-0.05, 0) is 50.5 Å². The summed E-state index contributed by atoms with van der Waals surface area (Å²) in [6.07, 6.45) is 5.15. The first-order valence-electron chi connectivity index (χ1n) is 8.57. The summed E-state index contributed by atoms with van der Waals surface area (Å²) in [4.78, 5) is 14.7. The quantitative estimate of drug-likeness (QED) is 0.561. The predicted octanol–water partition coefficient (Wildman–Crippen LogP) is 1.75. The van der Waals surface area contributed by atoms with Crippen molar-refractivity contribution >= 4 is 17.7 Å². The lowest BCUT2D eigenvalue weighted by Gasteiger charge is -2.30. The Balaban J connectivity index is 1.57. The van der Waals surface area contributed by atoms with Crippen molar-refractivity contribution in [2.45, 2.75) is 43.5 Å². The van der Waals surface area contributed by atoms with E-state index in [1.807, 2.05) is 24.3 Å². The van der Waals surface area contributed by atoms with Crippen LogP contribution in [0.3, 0.4) is 0 Å². The molecule has 1 saturated heterocycles. The molecule has 0 aliphatic carbocycles. The lowest BCUT2D eigenvalue weighted by atomic mass is 10.0. The van der Waals surface area contributed by atoms with E-state index in [9.17, 15) is 4.79 Å². The number of thioether (sulfide) groups is 1. The average Bonchev–Trinajstić information content (AvgIpc) is 2.59. The second-order valence-electron chi connectivity index (χ2n) is 6.22. The van der Waals surface area contributed by atoms with Crippen molar-refractivity contribution in [1.82, 2.24) is 5.32 Å². The normalized spacial score (nSPS) is 21.0. The predicted molar refractivity (Wildman–Crippen MR) is 95.4 cm³/mol. The molecule has 5 heteroatoms. The molecule has 1 unspecified atom stereocenters. The van der Waals surface area contributed by atoms with E-state index >= 15 is 0 Å². The molecule has 1 amide bonds. The molecule has 23 heavy (non-hydrogen) atoms. The third-order valence-electron chi connectivity index (χ3n) is 4.51. The molecule has 1 heterocycles. The lowest BCUT2D eigenvalue weighted by Crippen LogP contribution is -3.16. The highest BCUT2D eigenvalue weighted by Crippen LogP contribution is 2.20. The minimum absolute atomic E-state index is 0.118. The Kier molecular flexibility index (Phi) is 7.76. The smallest absolute Gasteiger partial charge is 0.230 e. The number of ether oxygens (including phenoxy) is 1. The van der Waals surface area contributed by atoms with Crippen molar-refractivity contribution in [3.8, 4) is 5.75 Å². The number of benzene rings is 1. The molecule has 0 saturated carbocycles. The second-order valence-corrected chi connectivity index (χ2v) is 7.27. The van der Waals surface area contributed by atoms with E-state index in [4.69, 9.17) is 4.74 Å². The van der Waals surface area contributed by atoms with Crippen LogP contribution in [0.25, 0.3) is 0 Å². The van der Waals surface area contributed by atoms with Crippen molar-refractivity contribution in [2.24, 2.45) is 0 Å². The minimum atomic E-state index is 0.118. The molecule has 2 rings (SSSR count). The highest BCUT2D eigenvalue weighted by molar-refractivity contribution is 8.00. The fourth-order valence-electron chi connectivity index (χ4n) is 3.04. The maximum Gasteiger partial charge on any atom is 0.230 e. The molecule has 1 fully saturated rings. The first-order valence-corrected chi connectivity index (χ1v) is 9.55. The molecule has 1 aliphatic heterocycles. The summed E-state index contributed by atoms with van der Waals surface area (Å²) in [7, 11) is 1.65. The molecule has 0 bridgehead atoms. The van der Waals surface area contributed by atoms with Gasteiger partial charge in [0.15, 0.2) is 0 Å². The maximum atomic E-state index is 11.9. The fraction of sp³-hybridized carbons (Fsp3) is 0.611. The number of likely N-dealkylation sites (tertiary alicyclic amines) is 1.